The summed E-state index contributed by atoms with van der Waals surface area (Å²) in [6.07, 6.45) is 0.159. The summed E-state index contributed by atoms with van der Waals surface area (Å²) in [6.45, 7) is 4.72. The minimum Gasteiger partial charge on any atom is -0.448 e. The average molecular weight is 343 g/mol. The molecule has 0 saturated carbocycles. The molecule has 1 aromatic carbocycles. The van der Waals surface area contributed by atoms with Crippen molar-refractivity contribution in [2.75, 3.05) is 0 Å². The highest BCUT2D eigenvalue weighted by Crippen LogP contribution is 2.28. The SMILES string of the molecule is CC(=O)C1=C(C)OC(C(=O)c2c(F)ccn2[C@H](C)c2ccccc2)O1. The van der Waals surface area contributed by atoms with E-state index in [1.54, 1.807) is 4.57 Å². The molecule has 0 fully saturated rings. The topological polar surface area (TPSA) is 57.5 Å². The summed E-state index contributed by atoms with van der Waals surface area (Å²) >= 11 is 0. The average Bonchev–Trinajstić information content (AvgIpc) is 3.17. The van der Waals surface area contributed by atoms with Gasteiger partial charge in [0, 0.05) is 13.1 Å². The van der Waals surface area contributed by atoms with Crippen LogP contribution >= 0.6 is 0 Å². The molecule has 130 valence electrons. The first kappa shape index (κ1) is 17.0. The van der Waals surface area contributed by atoms with E-state index in [0.29, 0.717) is 0 Å². The highest BCUT2D eigenvalue weighted by molar-refractivity contribution is 5.99. The fourth-order valence-electron chi connectivity index (χ4n) is 2.86. The number of rotatable bonds is 5. The van der Waals surface area contributed by atoms with E-state index in [0.717, 1.165) is 5.56 Å². The number of carbonyl (C=O) groups excluding carboxylic acids is 2. The second-order valence-electron chi connectivity index (χ2n) is 5.88. The zero-order valence-electron chi connectivity index (χ0n) is 14.2. The van der Waals surface area contributed by atoms with E-state index in [-0.39, 0.29) is 29.0 Å². The van der Waals surface area contributed by atoms with Crippen LogP contribution in [0.4, 0.5) is 4.39 Å². The molecule has 2 aromatic rings. The molecule has 25 heavy (non-hydrogen) atoms. The smallest absolute Gasteiger partial charge is 0.307 e. The van der Waals surface area contributed by atoms with Crippen molar-refractivity contribution in [1.82, 2.24) is 4.57 Å². The summed E-state index contributed by atoms with van der Waals surface area (Å²) in [5.74, 6) is -1.45. The molecular formula is C19H18FNO4. The number of ketones is 2. The number of hydrogen-bond acceptors (Lipinski definition) is 4. The van der Waals surface area contributed by atoms with Gasteiger partial charge in [0.1, 0.15) is 11.5 Å². The third-order valence-corrected chi connectivity index (χ3v) is 4.16. The van der Waals surface area contributed by atoms with E-state index in [1.165, 1.54) is 26.1 Å². The van der Waals surface area contributed by atoms with Gasteiger partial charge in [-0.2, -0.15) is 0 Å². The number of benzene rings is 1. The Bertz CT molecular complexity index is 854. The van der Waals surface area contributed by atoms with Crippen LogP contribution in [0.2, 0.25) is 0 Å². The van der Waals surface area contributed by atoms with Gasteiger partial charge in [-0.15, -0.1) is 0 Å². The first-order valence-corrected chi connectivity index (χ1v) is 7.90. The minimum absolute atomic E-state index is 0.00651. The summed E-state index contributed by atoms with van der Waals surface area (Å²) < 4.78 is 26.5. The van der Waals surface area contributed by atoms with Crippen LogP contribution in [0.5, 0.6) is 0 Å². The van der Waals surface area contributed by atoms with Gasteiger partial charge in [0.05, 0.1) is 6.04 Å². The lowest BCUT2D eigenvalue weighted by Gasteiger charge is -2.19. The van der Waals surface area contributed by atoms with Crippen LogP contribution in [0.25, 0.3) is 0 Å². The first-order chi connectivity index (χ1) is 11.9. The van der Waals surface area contributed by atoms with Crippen molar-refractivity contribution < 1.29 is 23.5 Å². The number of hydrogen-bond donors (Lipinski definition) is 0. The molecule has 3 rings (SSSR count). The second-order valence-corrected chi connectivity index (χ2v) is 5.88. The summed E-state index contributed by atoms with van der Waals surface area (Å²) in [5, 5.41) is 0. The second kappa shape index (κ2) is 6.55. The molecule has 0 amide bonds. The molecule has 1 unspecified atom stereocenters. The van der Waals surface area contributed by atoms with E-state index < -0.39 is 17.9 Å². The zero-order chi connectivity index (χ0) is 18.1. The molecule has 0 saturated heterocycles. The van der Waals surface area contributed by atoms with Crippen LogP contribution in [0.15, 0.2) is 54.1 Å². The maximum Gasteiger partial charge on any atom is 0.307 e. The van der Waals surface area contributed by atoms with Crippen LogP contribution in [0.1, 0.15) is 42.9 Å². The number of ether oxygens (including phenoxy) is 2. The molecule has 2 heterocycles. The third kappa shape index (κ3) is 3.07. The Morgan fingerprint density at radius 2 is 1.84 bits per heavy atom. The van der Waals surface area contributed by atoms with Crippen molar-refractivity contribution in [2.24, 2.45) is 0 Å². The van der Waals surface area contributed by atoms with E-state index in [9.17, 15) is 14.0 Å². The largest absolute Gasteiger partial charge is 0.448 e. The maximum atomic E-state index is 14.3. The normalized spacial score (nSPS) is 17.8. The van der Waals surface area contributed by atoms with Crippen LogP contribution < -0.4 is 0 Å². The predicted octanol–water partition coefficient (Wildman–Crippen LogP) is 3.61. The van der Waals surface area contributed by atoms with Gasteiger partial charge in [-0.3, -0.25) is 9.59 Å². The van der Waals surface area contributed by atoms with Gasteiger partial charge in [-0.25, -0.2) is 4.39 Å². The highest BCUT2D eigenvalue weighted by Gasteiger charge is 2.37. The predicted molar refractivity (Wildman–Crippen MR) is 88.3 cm³/mol. The number of aromatic nitrogens is 1. The number of Topliss-reactive ketones (excluding diaryl/α,β-unsaturated/α-hetero) is 2. The molecule has 5 nitrogen and oxygen atoms in total. The zero-order valence-corrected chi connectivity index (χ0v) is 14.2. The van der Waals surface area contributed by atoms with Gasteiger partial charge < -0.3 is 14.0 Å². The van der Waals surface area contributed by atoms with E-state index in [2.05, 4.69) is 0 Å². The fourth-order valence-corrected chi connectivity index (χ4v) is 2.86. The quantitative estimate of drug-likeness (QED) is 0.778. The maximum absolute atomic E-state index is 14.3. The Hall–Kier alpha value is -2.89. The molecule has 2 atom stereocenters. The van der Waals surface area contributed by atoms with Crippen LogP contribution in [0.3, 0.4) is 0 Å². The summed E-state index contributed by atoms with van der Waals surface area (Å²) in [7, 11) is 0. The van der Waals surface area contributed by atoms with Crippen molar-refractivity contribution in [2.45, 2.75) is 33.1 Å². The molecule has 6 heteroatoms. The molecule has 0 spiro atoms. The molecule has 1 aromatic heterocycles. The summed E-state index contributed by atoms with van der Waals surface area (Å²) in [4.78, 5) is 24.2. The standard InChI is InChI=1S/C19H18FNO4/c1-11(14-7-5-4-6-8-14)21-10-9-15(20)16(21)17(23)19-24-13(3)18(25-19)12(2)22/h4-11,19H,1-3H3/t11-,19?/m1/s1. The van der Waals surface area contributed by atoms with Crippen LogP contribution in [-0.4, -0.2) is 22.4 Å². The molecule has 1 aliphatic heterocycles. The van der Waals surface area contributed by atoms with Crippen molar-refractivity contribution in [3.8, 4) is 0 Å². The van der Waals surface area contributed by atoms with E-state index in [4.69, 9.17) is 9.47 Å². The van der Waals surface area contributed by atoms with Crippen LogP contribution in [-0.2, 0) is 14.3 Å². The Morgan fingerprint density at radius 1 is 1.16 bits per heavy atom. The highest BCUT2D eigenvalue weighted by atomic mass is 19.1. The Morgan fingerprint density at radius 3 is 2.44 bits per heavy atom. The van der Waals surface area contributed by atoms with Crippen LogP contribution in [0, 0.1) is 5.82 Å². The molecule has 0 bridgehead atoms. The number of allylic oxidation sites excluding steroid dienone is 2. The summed E-state index contributed by atoms with van der Waals surface area (Å²) in [6, 6.07) is 10.4. The third-order valence-electron chi connectivity index (χ3n) is 4.16. The lowest BCUT2D eigenvalue weighted by molar-refractivity contribution is -0.118. The van der Waals surface area contributed by atoms with Gasteiger partial charge in [0.15, 0.2) is 11.6 Å². The van der Waals surface area contributed by atoms with Crippen molar-refractivity contribution in [1.29, 1.82) is 0 Å². The molecular weight excluding hydrogens is 325 g/mol. The van der Waals surface area contributed by atoms with Gasteiger partial charge in [-0.1, -0.05) is 30.3 Å². The van der Waals surface area contributed by atoms with Crippen molar-refractivity contribution >= 4 is 11.6 Å². The van der Waals surface area contributed by atoms with Gasteiger partial charge in [0.25, 0.3) is 5.78 Å². The lowest BCUT2D eigenvalue weighted by atomic mass is 10.1. The molecule has 0 aliphatic carbocycles. The van der Waals surface area contributed by atoms with Crippen molar-refractivity contribution in [3.05, 3.63) is 71.2 Å². The van der Waals surface area contributed by atoms with E-state index >= 15 is 0 Å². The fraction of sp³-hybridized carbons (Fsp3) is 0.263. The lowest BCUT2D eigenvalue weighted by Crippen LogP contribution is -2.27. The molecule has 0 radical (unpaired) electrons. The summed E-state index contributed by atoms with van der Waals surface area (Å²) in [5.41, 5.74) is 0.790. The monoisotopic (exact) mass is 343 g/mol. The van der Waals surface area contributed by atoms with Gasteiger partial charge >= 0.3 is 6.29 Å². The first-order valence-electron chi connectivity index (χ1n) is 7.90. The van der Waals surface area contributed by atoms with Crippen molar-refractivity contribution in [3.63, 3.8) is 0 Å². The van der Waals surface area contributed by atoms with Gasteiger partial charge in [0.2, 0.25) is 5.76 Å². The number of carbonyl (C=O) groups is 2. The molecule has 0 N–H and O–H groups in total. The number of nitrogens with zero attached hydrogens (tertiary/aromatic N) is 1. The Balaban J connectivity index is 1.90. The van der Waals surface area contributed by atoms with E-state index in [1.807, 2.05) is 37.3 Å². The minimum atomic E-state index is -1.36. The Kier molecular flexibility index (Phi) is 4.44. The van der Waals surface area contributed by atoms with Gasteiger partial charge in [-0.05, 0) is 25.5 Å². The number of halogens is 1. The molecule has 1 aliphatic rings. The Labute approximate surface area is 144 Å².